The number of nitrogens with one attached hydrogen (secondary N) is 1. The Morgan fingerprint density at radius 1 is 1.50 bits per heavy atom. The fourth-order valence-electron chi connectivity index (χ4n) is 1.53. The molecule has 0 spiro atoms. The van der Waals surface area contributed by atoms with Crippen LogP contribution in [0.4, 0.5) is 0 Å². The summed E-state index contributed by atoms with van der Waals surface area (Å²) in [6.45, 7) is 4.22. The molecule has 1 aromatic rings. The number of nitrogens with zero attached hydrogens (tertiary/aromatic N) is 1. The first-order chi connectivity index (χ1) is 8.49. The molecule has 5 nitrogen and oxygen atoms in total. The van der Waals surface area contributed by atoms with Gasteiger partial charge < -0.3 is 10.4 Å². The molecule has 1 aromatic heterocycles. The molecule has 2 N–H and O–H groups in total. The van der Waals surface area contributed by atoms with E-state index in [0.717, 1.165) is 5.69 Å². The maximum Gasteiger partial charge on any atom is 0.303 e. The third kappa shape index (κ3) is 4.95. The summed E-state index contributed by atoms with van der Waals surface area (Å²) in [5.41, 5.74) is 1.37. The first-order valence-corrected chi connectivity index (χ1v) is 5.91. The number of aliphatic carboxylic acids is 1. The Labute approximate surface area is 106 Å². The van der Waals surface area contributed by atoms with Crippen molar-refractivity contribution in [1.29, 1.82) is 0 Å². The van der Waals surface area contributed by atoms with Gasteiger partial charge in [0.05, 0.1) is 0 Å². The molecule has 1 heterocycles. The average Bonchev–Trinajstić information content (AvgIpc) is 2.33. The van der Waals surface area contributed by atoms with Crippen LogP contribution in [0.2, 0.25) is 0 Å². The van der Waals surface area contributed by atoms with E-state index in [4.69, 9.17) is 5.11 Å². The zero-order chi connectivity index (χ0) is 13.5. The van der Waals surface area contributed by atoms with Crippen LogP contribution < -0.4 is 5.32 Å². The summed E-state index contributed by atoms with van der Waals surface area (Å²) < 4.78 is 0. The van der Waals surface area contributed by atoms with Gasteiger partial charge in [-0.15, -0.1) is 0 Å². The number of carboxylic acids is 1. The minimum Gasteiger partial charge on any atom is -0.481 e. The number of aromatic nitrogens is 1. The SMILES string of the molecule is Cc1cc(C(=O)NCC(C)CCC(=O)O)ccn1. The molecule has 1 rings (SSSR count). The van der Waals surface area contributed by atoms with Crippen molar-refractivity contribution in [3.05, 3.63) is 29.6 Å². The van der Waals surface area contributed by atoms with Crippen molar-refractivity contribution < 1.29 is 14.7 Å². The van der Waals surface area contributed by atoms with Crippen LogP contribution >= 0.6 is 0 Å². The van der Waals surface area contributed by atoms with E-state index < -0.39 is 5.97 Å². The Balaban J connectivity index is 2.39. The maximum absolute atomic E-state index is 11.8. The summed E-state index contributed by atoms with van der Waals surface area (Å²) in [7, 11) is 0. The number of aryl methyl sites for hydroxylation is 1. The average molecular weight is 250 g/mol. The minimum atomic E-state index is -0.807. The van der Waals surface area contributed by atoms with Gasteiger partial charge in [0.25, 0.3) is 5.91 Å². The van der Waals surface area contributed by atoms with E-state index in [2.05, 4.69) is 10.3 Å². The molecular formula is C13H18N2O3. The monoisotopic (exact) mass is 250 g/mol. The highest BCUT2D eigenvalue weighted by atomic mass is 16.4. The third-order valence-corrected chi connectivity index (χ3v) is 2.62. The number of rotatable bonds is 6. The molecule has 0 aliphatic carbocycles. The summed E-state index contributed by atoms with van der Waals surface area (Å²) in [6.07, 6.45) is 2.29. The van der Waals surface area contributed by atoms with E-state index in [0.29, 0.717) is 18.5 Å². The zero-order valence-corrected chi connectivity index (χ0v) is 10.6. The van der Waals surface area contributed by atoms with Crippen LogP contribution in [-0.2, 0) is 4.79 Å². The van der Waals surface area contributed by atoms with Gasteiger partial charge in [-0.1, -0.05) is 6.92 Å². The van der Waals surface area contributed by atoms with E-state index >= 15 is 0 Å². The van der Waals surface area contributed by atoms with Crippen LogP contribution in [0.3, 0.4) is 0 Å². The number of carbonyl (C=O) groups is 2. The first-order valence-electron chi connectivity index (χ1n) is 5.91. The van der Waals surface area contributed by atoms with Crippen molar-refractivity contribution in [1.82, 2.24) is 10.3 Å². The molecule has 0 aliphatic rings. The smallest absolute Gasteiger partial charge is 0.303 e. The van der Waals surface area contributed by atoms with Crippen molar-refractivity contribution in [2.45, 2.75) is 26.7 Å². The second kappa shape index (κ2) is 6.74. The first kappa shape index (κ1) is 14.2. The molecule has 0 saturated heterocycles. The second-order valence-electron chi connectivity index (χ2n) is 4.43. The largest absolute Gasteiger partial charge is 0.481 e. The Hall–Kier alpha value is -1.91. The number of carbonyl (C=O) groups excluding carboxylic acids is 1. The zero-order valence-electron chi connectivity index (χ0n) is 10.6. The number of amides is 1. The highest BCUT2D eigenvalue weighted by molar-refractivity contribution is 5.94. The van der Waals surface area contributed by atoms with Gasteiger partial charge in [-0.2, -0.15) is 0 Å². The van der Waals surface area contributed by atoms with Crippen LogP contribution in [0.5, 0.6) is 0 Å². The number of carboxylic acid groups (broad SMARTS) is 1. The number of pyridine rings is 1. The molecule has 0 radical (unpaired) electrons. The normalized spacial score (nSPS) is 11.9. The topological polar surface area (TPSA) is 79.3 Å². The van der Waals surface area contributed by atoms with E-state index in [1.807, 2.05) is 13.8 Å². The molecule has 1 amide bonds. The van der Waals surface area contributed by atoms with Gasteiger partial charge in [-0.05, 0) is 31.4 Å². The molecule has 1 unspecified atom stereocenters. The quantitative estimate of drug-likeness (QED) is 0.804. The van der Waals surface area contributed by atoms with Crippen LogP contribution in [0.15, 0.2) is 18.3 Å². The fourth-order valence-corrected chi connectivity index (χ4v) is 1.53. The highest BCUT2D eigenvalue weighted by Crippen LogP contribution is 2.05. The summed E-state index contributed by atoms with van der Waals surface area (Å²) >= 11 is 0. The summed E-state index contributed by atoms with van der Waals surface area (Å²) in [4.78, 5) is 26.2. The van der Waals surface area contributed by atoms with Crippen molar-refractivity contribution in [3.8, 4) is 0 Å². The van der Waals surface area contributed by atoms with Crippen molar-refractivity contribution >= 4 is 11.9 Å². The van der Waals surface area contributed by atoms with Crippen LogP contribution in [0.25, 0.3) is 0 Å². The molecule has 0 aromatic carbocycles. The maximum atomic E-state index is 11.8. The van der Waals surface area contributed by atoms with Gasteiger partial charge >= 0.3 is 5.97 Å². The van der Waals surface area contributed by atoms with Crippen molar-refractivity contribution in [3.63, 3.8) is 0 Å². The highest BCUT2D eigenvalue weighted by Gasteiger charge is 2.09. The number of hydrogen-bond donors (Lipinski definition) is 2. The Morgan fingerprint density at radius 2 is 2.22 bits per heavy atom. The van der Waals surface area contributed by atoms with Crippen LogP contribution in [-0.4, -0.2) is 28.5 Å². The van der Waals surface area contributed by atoms with Gasteiger partial charge in [0.15, 0.2) is 0 Å². The summed E-state index contributed by atoms with van der Waals surface area (Å²) in [5.74, 6) is -0.811. The molecule has 5 heteroatoms. The van der Waals surface area contributed by atoms with Gasteiger partial charge in [-0.25, -0.2) is 0 Å². The van der Waals surface area contributed by atoms with Gasteiger partial charge in [0.1, 0.15) is 0 Å². The summed E-state index contributed by atoms with van der Waals surface area (Å²) in [5, 5.41) is 11.3. The van der Waals surface area contributed by atoms with Crippen LogP contribution in [0, 0.1) is 12.8 Å². The third-order valence-electron chi connectivity index (χ3n) is 2.62. The molecule has 98 valence electrons. The standard InChI is InChI=1S/C13H18N2O3/c1-9(3-4-12(16)17)8-15-13(18)11-5-6-14-10(2)7-11/h5-7,9H,3-4,8H2,1-2H3,(H,15,18)(H,16,17). The Bertz CT molecular complexity index is 432. The van der Waals surface area contributed by atoms with Crippen molar-refractivity contribution in [2.24, 2.45) is 5.92 Å². The molecular weight excluding hydrogens is 232 g/mol. The molecule has 1 atom stereocenters. The van der Waals surface area contributed by atoms with E-state index in [1.165, 1.54) is 0 Å². The molecule has 0 bridgehead atoms. The molecule has 0 aliphatic heterocycles. The van der Waals surface area contributed by atoms with E-state index in [-0.39, 0.29) is 18.2 Å². The predicted molar refractivity (Wildman–Crippen MR) is 67.3 cm³/mol. The van der Waals surface area contributed by atoms with E-state index in [1.54, 1.807) is 18.3 Å². The van der Waals surface area contributed by atoms with Gasteiger partial charge in [0, 0.05) is 30.4 Å². The summed E-state index contributed by atoms with van der Waals surface area (Å²) in [6, 6.07) is 3.38. The Morgan fingerprint density at radius 3 is 2.83 bits per heavy atom. The second-order valence-corrected chi connectivity index (χ2v) is 4.43. The molecule has 0 fully saturated rings. The predicted octanol–water partition coefficient (Wildman–Crippen LogP) is 1.62. The lowest BCUT2D eigenvalue weighted by Crippen LogP contribution is -2.28. The minimum absolute atomic E-state index is 0.130. The van der Waals surface area contributed by atoms with Crippen molar-refractivity contribution in [2.75, 3.05) is 6.54 Å². The number of hydrogen-bond acceptors (Lipinski definition) is 3. The fraction of sp³-hybridized carbons (Fsp3) is 0.462. The van der Waals surface area contributed by atoms with Gasteiger partial charge in [-0.3, -0.25) is 14.6 Å². The lowest BCUT2D eigenvalue weighted by atomic mass is 10.1. The lowest BCUT2D eigenvalue weighted by Gasteiger charge is -2.11. The van der Waals surface area contributed by atoms with Crippen LogP contribution in [0.1, 0.15) is 35.8 Å². The van der Waals surface area contributed by atoms with Gasteiger partial charge in [0.2, 0.25) is 0 Å². The Kier molecular flexibility index (Phi) is 5.30. The molecule has 0 saturated carbocycles. The lowest BCUT2D eigenvalue weighted by molar-refractivity contribution is -0.137. The molecule has 18 heavy (non-hydrogen) atoms. The van der Waals surface area contributed by atoms with E-state index in [9.17, 15) is 9.59 Å².